The maximum Gasteiger partial charge on any atom is 0.0568 e. The van der Waals surface area contributed by atoms with E-state index in [4.69, 9.17) is 0 Å². The van der Waals surface area contributed by atoms with Gasteiger partial charge in [-0.25, -0.2) is 0 Å². The first kappa shape index (κ1) is 20.7. The fraction of sp³-hybridized carbons (Fsp3) is 1.00. The predicted molar refractivity (Wildman–Crippen MR) is 104 cm³/mol. The molecule has 0 bridgehead atoms. The molecule has 1 saturated carbocycles. The molecule has 22 heavy (non-hydrogen) atoms. The van der Waals surface area contributed by atoms with Gasteiger partial charge in [-0.05, 0) is 67.6 Å². The second kappa shape index (κ2) is 12.1. The molecule has 2 nitrogen and oxygen atoms in total. The highest BCUT2D eigenvalue weighted by atomic mass is 127. The highest BCUT2D eigenvalue weighted by Crippen LogP contribution is 2.34. The lowest BCUT2D eigenvalue weighted by atomic mass is 9.76. The molecule has 1 fully saturated rings. The highest BCUT2D eigenvalue weighted by Gasteiger charge is 2.24. The van der Waals surface area contributed by atoms with Crippen molar-refractivity contribution in [1.82, 2.24) is 0 Å². The normalized spacial score (nSPS) is 26.6. The minimum Gasteiger partial charge on any atom is -0.393 e. The molecule has 5 atom stereocenters. The molecule has 0 aromatic rings. The molecular weight excluding hydrogens is 387 g/mol. The fourth-order valence-electron chi connectivity index (χ4n) is 3.93. The van der Waals surface area contributed by atoms with E-state index in [1.807, 2.05) is 6.92 Å². The van der Waals surface area contributed by atoms with Crippen LogP contribution in [0.1, 0.15) is 84.5 Å². The van der Waals surface area contributed by atoms with Crippen LogP contribution in [0.2, 0.25) is 0 Å². The minimum absolute atomic E-state index is 0.165. The molecule has 0 spiro atoms. The summed E-state index contributed by atoms with van der Waals surface area (Å²) in [5, 5.41) is 20.2. The number of rotatable bonds is 11. The monoisotopic (exact) mass is 424 g/mol. The zero-order valence-corrected chi connectivity index (χ0v) is 16.8. The smallest absolute Gasteiger partial charge is 0.0568 e. The van der Waals surface area contributed by atoms with Crippen molar-refractivity contribution >= 4 is 22.6 Å². The SMILES string of the molecule is CC(O)CCC(CCCCI)C(O)CCC1CCCCC1C. The maximum atomic E-state index is 10.7. The van der Waals surface area contributed by atoms with E-state index in [0.29, 0.717) is 5.92 Å². The molecule has 0 aromatic carbocycles. The molecule has 1 aliphatic rings. The molecule has 5 unspecified atom stereocenters. The molecule has 0 radical (unpaired) electrons. The Labute approximate surface area is 151 Å². The molecule has 0 saturated heterocycles. The molecular formula is C19H37IO2. The van der Waals surface area contributed by atoms with Gasteiger partial charge in [0.2, 0.25) is 0 Å². The summed E-state index contributed by atoms with van der Waals surface area (Å²) >= 11 is 2.43. The summed E-state index contributed by atoms with van der Waals surface area (Å²) < 4.78 is 1.20. The van der Waals surface area contributed by atoms with Gasteiger partial charge in [-0.1, -0.05) is 61.6 Å². The zero-order chi connectivity index (χ0) is 16.4. The molecule has 1 aliphatic carbocycles. The molecule has 0 aliphatic heterocycles. The molecule has 132 valence electrons. The van der Waals surface area contributed by atoms with Gasteiger partial charge in [-0.3, -0.25) is 0 Å². The van der Waals surface area contributed by atoms with Crippen molar-refractivity contribution < 1.29 is 10.2 Å². The third-order valence-corrected chi connectivity index (χ3v) is 6.34. The molecule has 2 N–H and O–H groups in total. The van der Waals surface area contributed by atoms with Crippen LogP contribution in [0.3, 0.4) is 0 Å². The minimum atomic E-state index is -0.238. The Morgan fingerprint density at radius 3 is 2.36 bits per heavy atom. The molecule has 0 heterocycles. The summed E-state index contributed by atoms with van der Waals surface area (Å²) in [6.45, 7) is 4.25. The Morgan fingerprint density at radius 2 is 1.73 bits per heavy atom. The molecule has 0 amide bonds. The van der Waals surface area contributed by atoms with Crippen molar-refractivity contribution in [1.29, 1.82) is 0 Å². The van der Waals surface area contributed by atoms with E-state index in [9.17, 15) is 10.2 Å². The Bertz CT molecular complexity index is 270. The summed E-state index contributed by atoms with van der Waals surface area (Å²) in [4.78, 5) is 0. The van der Waals surface area contributed by atoms with Crippen LogP contribution in [-0.2, 0) is 0 Å². The van der Waals surface area contributed by atoms with Crippen molar-refractivity contribution in [2.75, 3.05) is 4.43 Å². The van der Waals surface area contributed by atoms with Crippen LogP contribution in [-0.4, -0.2) is 26.8 Å². The van der Waals surface area contributed by atoms with Gasteiger partial charge >= 0.3 is 0 Å². The molecule has 0 aromatic heterocycles. The van der Waals surface area contributed by atoms with Crippen molar-refractivity contribution in [3.8, 4) is 0 Å². The lowest BCUT2D eigenvalue weighted by Crippen LogP contribution is -2.25. The Morgan fingerprint density at radius 1 is 1.00 bits per heavy atom. The Hall–Kier alpha value is 0.650. The third-order valence-electron chi connectivity index (χ3n) is 5.58. The van der Waals surface area contributed by atoms with Gasteiger partial charge in [0.05, 0.1) is 12.2 Å². The quantitative estimate of drug-likeness (QED) is 0.267. The van der Waals surface area contributed by atoms with E-state index in [1.165, 1.54) is 49.4 Å². The van der Waals surface area contributed by atoms with Gasteiger partial charge < -0.3 is 10.2 Å². The van der Waals surface area contributed by atoms with Crippen LogP contribution < -0.4 is 0 Å². The third kappa shape index (κ3) is 8.49. The highest BCUT2D eigenvalue weighted by molar-refractivity contribution is 14.1. The summed E-state index contributed by atoms with van der Waals surface area (Å²) in [6.07, 6.45) is 12.7. The largest absolute Gasteiger partial charge is 0.393 e. The van der Waals surface area contributed by atoms with Gasteiger partial charge in [0.25, 0.3) is 0 Å². The first-order valence-corrected chi connectivity index (χ1v) is 11.0. The van der Waals surface area contributed by atoms with E-state index in [1.54, 1.807) is 0 Å². The van der Waals surface area contributed by atoms with Crippen LogP contribution in [0.15, 0.2) is 0 Å². The number of halogens is 1. The van der Waals surface area contributed by atoms with Gasteiger partial charge in [-0.2, -0.15) is 0 Å². The number of aliphatic hydroxyl groups is 2. The molecule has 1 rings (SSSR count). The second-order valence-corrected chi connectivity index (χ2v) is 8.62. The van der Waals surface area contributed by atoms with Crippen LogP contribution in [0.4, 0.5) is 0 Å². The number of unbranched alkanes of at least 4 members (excludes halogenated alkanes) is 1. The Balaban J connectivity index is 2.37. The van der Waals surface area contributed by atoms with Gasteiger partial charge in [0.15, 0.2) is 0 Å². The van der Waals surface area contributed by atoms with Crippen molar-refractivity contribution in [3.63, 3.8) is 0 Å². The number of hydrogen-bond donors (Lipinski definition) is 2. The summed E-state index contributed by atoms with van der Waals surface area (Å²) in [5.41, 5.74) is 0. The van der Waals surface area contributed by atoms with E-state index in [2.05, 4.69) is 29.5 Å². The van der Waals surface area contributed by atoms with E-state index < -0.39 is 0 Å². The van der Waals surface area contributed by atoms with Gasteiger partial charge in [0.1, 0.15) is 0 Å². The summed E-state index contributed by atoms with van der Waals surface area (Å²) in [7, 11) is 0. The van der Waals surface area contributed by atoms with Crippen LogP contribution in [0.25, 0.3) is 0 Å². The lowest BCUT2D eigenvalue weighted by Gasteiger charge is -2.31. The first-order valence-electron chi connectivity index (χ1n) is 9.46. The zero-order valence-electron chi connectivity index (χ0n) is 14.6. The van der Waals surface area contributed by atoms with E-state index in [-0.39, 0.29) is 12.2 Å². The number of hydrogen-bond acceptors (Lipinski definition) is 2. The summed E-state index contributed by atoms with van der Waals surface area (Å²) in [5.74, 6) is 2.06. The van der Waals surface area contributed by atoms with Crippen LogP contribution in [0.5, 0.6) is 0 Å². The summed E-state index contributed by atoms with van der Waals surface area (Å²) in [6, 6.07) is 0. The Kier molecular flexibility index (Phi) is 11.4. The van der Waals surface area contributed by atoms with Gasteiger partial charge in [0, 0.05) is 0 Å². The maximum absolute atomic E-state index is 10.7. The standard InChI is InChI=1S/C19H37IO2/c1-15-7-3-4-8-17(15)12-13-19(22)18(9-5-6-14-20)11-10-16(2)21/h15-19,21-22H,3-14H2,1-2H3. The number of aliphatic hydroxyl groups excluding tert-OH is 2. The average Bonchev–Trinajstić information content (AvgIpc) is 2.49. The molecule has 3 heteroatoms. The lowest BCUT2D eigenvalue weighted by molar-refractivity contribution is 0.0648. The first-order chi connectivity index (χ1) is 10.5. The topological polar surface area (TPSA) is 40.5 Å². The van der Waals surface area contributed by atoms with Crippen molar-refractivity contribution in [3.05, 3.63) is 0 Å². The van der Waals surface area contributed by atoms with Gasteiger partial charge in [-0.15, -0.1) is 0 Å². The fourth-order valence-corrected chi connectivity index (χ4v) is 4.47. The average molecular weight is 424 g/mol. The predicted octanol–water partition coefficient (Wildman–Crippen LogP) is 5.34. The van der Waals surface area contributed by atoms with Crippen LogP contribution >= 0.6 is 22.6 Å². The van der Waals surface area contributed by atoms with Crippen LogP contribution in [0, 0.1) is 17.8 Å². The second-order valence-electron chi connectivity index (χ2n) is 7.54. The number of alkyl halides is 1. The van der Waals surface area contributed by atoms with E-state index >= 15 is 0 Å². The van der Waals surface area contributed by atoms with E-state index in [0.717, 1.165) is 37.5 Å². The van der Waals surface area contributed by atoms with Crippen molar-refractivity contribution in [2.45, 2.75) is 96.7 Å². The van der Waals surface area contributed by atoms with Crippen molar-refractivity contribution in [2.24, 2.45) is 17.8 Å².